The Morgan fingerprint density at radius 2 is 2.00 bits per heavy atom. The van der Waals surface area contributed by atoms with Crippen LogP contribution in [0.4, 0.5) is 15.5 Å². The normalized spacial score (nSPS) is 16.9. The lowest BCUT2D eigenvalue weighted by Gasteiger charge is -2.43. The minimum Gasteiger partial charge on any atom is -0.374 e. The first-order valence-electron chi connectivity index (χ1n) is 11.8. The lowest BCUT2D eigenvalue weighted by molar-refractivity contribution is -0.146. The Bertz CT molecular complexity index is 1270. The van der Waals surface area contributed by atoms with Crippen molar-refractivity contribution < 1.29 is 14.7 Å². The van der Waals surface area contributed by atoms with Gasteiger partial charge in [-0.1, -0.05) is 32.9 Å². The molecule has 0 radical (unpaired) electrons. The summed E-state index contributed by atoms with van der Waals surface area (Å²) in [4.78, 5) is 32.8. The standard InChI is InChI=1S/C26H33N5O3S2/c1-15-28-19(14-35-15)16-8-7-9-17(12-16)29-24(34)30-21-18(13-20(36-21)25(2,3)4)22(32)31-11-10-27-23(33)26(31,5)6/h7-9,12-14,22,32H,10-11H2,1-6H3,(H,27,33)(H2,29,30,34). The summed E-state index contributed by atoms with van der Waals surface area (Å²) >= 11 is 3.01. The number of urea groups is 1. The minimum absolute atomic E-state index is 0.137. The van der Waals surface area contributed by atoms with E-state index in [-0.39, 0.29) is 11.3 Å². The number of aromatic nitrogens is 1. The molecule has 2 aromatic heterocycles. The number of thiophene rings is 1. The summed E-state index contributed by atoms with van der Waals surface area (Å²) in [6, 6.07) is 9.06. The second-order valence-electron chi connectivity index (χ2n) is 10.4. The number of amides is 3. The van der Waals surface area contributed by atoms with Gasteiger partial charge in [0.1, 0.15) is 11.2 Å². The fourth-order valence-electron chi connectivity index (χ4n) is 4.09. The molecule has 10 heteroatoms. The van der Waals surface area contributed by atoms with Crippen molar-refractivity contribution in [2.24, 2.45) is 0 Å². The lowest BCUT2D eigenvalue weighted by atomic mass is 9.93. The number of hydrogen-bond acceptors (Lipinski definition) is 7. The number of aliphatic hydroxyl groups excluding tert-OH is 1. The third kappa shape index (κ3) is 5.46. The molecule has 0 saturated carbocycles. The zero-order valence-corrected chi connectivity index (χ0v) is 23.1. The highest BCUT2D eigenvalue weighted by molar-refractivity contribution is 7.16. The number of carbonyl (C=O) groups is 2. The van der Waals surface area contributed by atoms with E-state index in [2.05, 4.69) is 41.7 Å². The molecule has 0 bridgehead atoms. The van der Waals surface area contributed by atoms with Crippen molar-refractivity contribution in [2.75, 3.05) is 23.7 Å². The number of anilines is 2. The van der Waals surface area contributed by atoms with Gasteiger partial charge in [-0.15, -0.1) is 22.7 Å². The summed E-state index contributed by atoms with van der Waals surface area (Å²) in [5.74, 6) is -0.137. The summed E-state index contributed by atoms with van der Waals surface area (Å²) < 4.78 is 0. The number of thiazole rings is 1. The molecule has 1 fully saturated rings. The molecular weight excluding hydrogens is 494 g/mol. The van der Waals surface area contributed by atoms with Gasteiger partial charge in [0.25, 0.3) is 0 Å². The minimum atomic E-state index is -1.05. The van der Waals surface area contributed by atoms with E-state index in [0.717, 1.165) is 21.1 Å². The number of aliphatic hydroxyl groups is 1. The lowest BCUT2D eigenvalue weighted by Crippen LogP contribution is -2.62. The van der Waals surface area contributed by atoms with Crippen molar-refractivity contribution in [1.29, 1.82) is 0 Å². The van der Waals surface area contributed by atoms with Crippen LogP contribution in [0.25, 0.3) is 11.3 Å². The van der Waals surface area contributed by atoms with Crippen molar-refractivity contribution in [3.8, 4) is 11.3 Å². The molecule has 4 N–H and O–H groups in total. The van der Waals surface area contributed by atoms with E-state index in [1.807, 2.05) is 42.6 Å². The van der Waals surface area contributed by atoms with Crippen LogP contribution < -0.4 is 16.0 Å². The smallest absolute Gasteiger partial charge is 0.324 e. The van der Waals surface area contributed by atoms with E-state index in [1.165, 1.54) is 11.3 Å². The van der Waals surface area contributed by atoms with Crippen LogP contribution in [-0.2, 0) is 10.2 Å². The number of hydrogen-bond donors (Lipinski definition) is 4. The van der Waals surface area contributed by atoms with Crippen LogP contribution in [0.2, 0.25) is 0 Å². The van der Waals surface area contributed by atoms with Gasteiger partial charge in [0.05, 0.1) is 16.2 Å². The van der Waals surface area contributed by atoms with Crippen molar-refractivity contribution in [2.45, 2.75) is 58.7 Å². The number of rotatable bonds is 5. The third-order valence-electron chi connectivity index (χ3n) is 6.25. The van der Waals surface area contributed by atoms with Crippen LogP contribution in [0.3, 0.4) is 0 Å². The Morgan fingerprint density at radius 1 is 1.25 bits per heavy atom. The second-order valence-corrected chi connectivity index (χ2v) is 12.6. The molecule has 1 atom stereocenters. The first-order valence-corrected chi connectivity index (χ1v) is 13.5. The van der Waals surface area contributed by atoms with E-state index in [9.17, 15) is 14.7 Å². The van der Waals surface area contributed by atoms with Crippen LogP contribution in [0, 0.1) is 6.92 Å². The molecule has 1 unspecified atom stereocenters. The maximum atomic E-state index is 13.0. The fourth-order valence-corrected chi connectivity index (χ4v) is 5.85. The Morgan fingerprint density at radius 3 is 2.67 bits per heavy atom. The number of benzene rings is 1. The molecular formula is C26H33N5O3S2. The Labute approximate surface area is 219 Å². The molecule has 1 aromatic carbocycles. The van der Waals surface area contributed by atoms with Gasteiger partial charge in [0, 0.05) is 40.2 Å². The SMILES string of the molecule is Cc1nc(-c2cccc(NC(=O)Nc3sc(C(C)(C)C)cc3C(O)N3CCNC(=O)C3(C)C)c2)cs1. The van der Waals surface area contributed by atoms with Gasteiger partial charge in [-0.25, -0.2) is 9.78 Å². The number of piperazine rings is 1. The van der Waals surface area contributed by atoms with E-state index >= 15 is 0 Å². The molecule has 3 aromatic rings. The van der Waals surface area contributed by atoms with Crippen LogP contribution in [-0.4, -0.2) is 45.6 Å². The third-order valence-corrected chi connectivity index (χ3v) is 8.51. The highest BCUT2D eigenvalue weighted by Crippen LogP contribution is 2.41. The average molecular weight is 528 g/mol. The van der Waals surface area contributed by atoms with E-state index < -0.39 is 17.8 Å². The molecule has 0 aliphatic carbocycles. The number of carbonyl (C=O) groups excluding carboxylic acids is 2. The van der Waals surface area contributed by atoms with Crippen molar-refractivity contribution in [1.82, 2.24) is 15.2 Å². The van der Waals surface area contributed by atoms with Gasteiger partial charge in [0.2, 0.25) is 5.91 Å². The van der Waals surface area contributed by atoms with Crippen LogP contribution in [0.5, 0.6) is 0 Å². The molecule has 3 heterocycles. The van der Waals surface area contributed by atoms with Gasteiger partial charge in [0.15, 0.2) is 0 Å². The zero-order chi connectivity index (χ0) is 26.3. The molecule has 192 valence electrons. The van der Waals surface area contributed by atoms with Gasteiger partial charge < -0.3 is 15.7 Å². The Kier molecular flexibility index (Phi) is 7.25. The quantitative estimate of drug-likeness (QED) is 0.359. The number of nitrogens with zero attached hydrogens (tertiary/aromatic N) is 2. The summed E-state index contributed by atoms with van der Waals surface area (Å²) in [5, 5.41) is 23.6. The van der Waals surface area contributed by atoms with Crippen molar-refractivity contribution in [3.05, 3.63) is 51.2 Å². The molecule has 8 nitrogen and oxygen atoms in total. The highest BCUT2D eigenvalue weighted by Gasteiger charge is 2.42. The molecule has 1 aliphatic heterocycles. The van der Waals surface area contributed by atoms with Crippen LogP contribution >= 0.6 is 22.7 Å². The maximum Gasteiger partial charge on any atom is 0.324 e. The summed E-state index contributed by atoms with van der Waals surface area (Å²) in [6.07, 6.45) is -1.05. The highest BCUT2D eigenvalue weighted by atomic mass is 32.1. The summed E-state index contributed by atoms with van der Waals surface area (Å²) in [7, 11) is 0. The Hall–Kier alpha value is -2.79. The van der Waals surface area contributed by atoms with Crippen LogP contribution in [0.15, 0.2) is 35.7 Å². The largest absolute Gasteiger partial charge is 0.374 e. The Balaban J connectivity index is 1.58. The molecule has 4 rings (SSSR count). The molecule has 1 aliphatic rings. The monoisotopic (exact) mass is 527 g/mol. The maximum absolute atomic E-state index is 13.0. The fraction of sp³-hybridized carbons (Fsp3) is 0.423. The molecule has 0 spiro atoms. The number of aryl methyl sites for hydroxylation is 1. The van der Waals surface area contributed by atoms with Gasteiger partial charge in [-0.05, 0) is 44.4 Å². The van der Waals surface area contributed by atoms with Crippen molar-refractivity contribution >= 4 is 45.3 Å². The van der Waals surface area contributed by atoms with E-state index in [1.54, 1.807) is 30.1 Å². The predicted molar refractivity (Wildman–Crippen MR) is 147 cm³/mol. The molecule has 36 heavy (non-hydrogen) atoms. The topological polar surface area (TPSA) is 107 Å². The number of nitrogens with one attached hydrogen (secondary N) is 3. The first kappa shape index (κ1) is 26.3. The molecule has 1 saturated heterocycles. The van der Waals surface area contributed by atoms with Crippen LogP contribution in [0.1, 0.15) is 56.3 Å². The van der Waals surface area contributed by atoms with Gasteiger partial charge in [-0.2, -0.15) is 0 Å². The summed E-state index contributed by atoms with van der Waals surface area (Å²) in [6.45, 7) is 12.7. The van der Waals surface area contributed by atoms with E-state index in [0.29, 0.717) is 29.3 Å². The van der Waals surface area contributed by atoms with Gasteiger partial charge in [-0.3, -0.25) is 15.0 Å². The van der Waals surface area contributed by atoms with Crippen molar-refractivity contribution in [3.63, 3.8) is 0 Å². The molecule has 3 amide bonds. The zero-order valence-electron chi connectivity index (χ0n) is 21.4. The first-order chi connectivity index (χ1) is 16.9. The van der Waals surface area contributed by atoms with Gasteiger partial charge >= 0.3 is 6.03 Å². The van der Waals surface area contributed by atoms with E-state index in [4.69, 9.17) is 0 Å². The second kappa shape index (κ2) is 9.93. The predicted octanol–water partition coefficient (Wildman–Crippen LogP) is 5.32. The summed E-state index contributed by atoms with van der Waals surface area (Å²) in [5.41, 5.74) is 1.94. The average Bonchev–Trinajstić information content (AvgIpc) is 3.42.